The Labute approximate surface area is 115 Å². The molecular formula is C14H15NO3S. The van der Waals surface area contributed by atoms with Gasteiger partial charge in [-0.05, 0) is 31.0 Å². The third-order valence-corrected chi connectivity index (χ3v) is 4.32. The molecule has 2 N–H and O–H groups in total. The second-order valence-corrected chi connectivity index (χ2v) is 5.62. The number of phenols is 1. The summed E-state index contributed by atoms with van der Waals surface area (Å²) in [6.07, 6.45) is 2.09. The van der Waals surface area contributed by atoms with Gasteiger partial charge in [-0.25, -0.2) is 4.98 Å². The van der Waals surface area contributed by atoms with Crippen molar-refractivity contribution in [1.29, 1.82) is 0 Å². The second kappa shape index (κ2) is 5.01. The number of carbonyl (C=O) groups is 1. The molecule has 19 heavy (non-hydrogen) atoms. The van der Waals surface area contributed by atoms with E-state index >= 15 is 0 Å². The average molecular weight is 277 g/mol. The largest absolute Gasteiger partial charge is 0.508 e. The van der Waals surface area contributed by atoms with Crippen LogP contribution in [-0.2, 0) is 10.2 Å². The number of phenolic OH excluding ortho intramolecular Hbond substituents is 1. The molecule has 0 saturated carbocycles. The zero-order chi connectivity index (χ0) is 14.0. The van der Waals surface area contributed by atoms with Crippen LogP contribution in [0.2, 0.25) is 0 Å². The van der Waals surface area contributed by atoms with Gasteiger partial charge in [-0.15, -0.1) is 11.3 Å². The first kappa shape index (κ1) is 13.5. The summed E-state index contributed by atoms with van der Waals surface area (Å²) in [6, 6.07) is 6.29. The van der Waals surface area contributed by atoms with Gasteiger partial charge >= 0.3 is 5.97 Å². The van der Waals surface area contributed by atoms with Crippen molar-refractivity contribution in [3.05, 3.63) is 45.9 Å². The van der Waals surface area contributed by atoms with E-state index < -0.39 is 11.4 Å². The predicted octanol–water partition coefficient (Wildman–Crippen LogP) is 2.94. The van der Waals surface area contributed by atoms with E-state index in [0.717, 1.165) is 4.88 Å². The summed E-state index contributed by atoms with van der Waals surface area (Å²) >= 11 is 1.39. The van der Waals surface area contributed by atoms with E-state index in [2.05, 4.69) is 4.98 Å². The first-order valence-corrected chi connectivity index (χ1v) is 6.78. The predicted molar refractivity (Wildman–Crippen MR) is 73.7 cm³/mol. The number of carboxylic acid groups (broad SMARTS) is 1. The number of thiazole rings is 1. The van der Waals surface area contributed by atoms with Gasteiger partial charge in [0, 0.05) is 11.1 Å². The van der Waals surface area contributed by atoms with Gasteiger partial charge in [0.25, 0.3) is 0 Å². The summed E-state index contributed by atoms with van der Waals surface area (Å²) in [6.45, 7) is 3.73. The van der Waals surface area contributed by atoms with Gasteiger partial charge in [-0.1, -0.05) is 19.1 Å². The molecule has 1 aromatic carbocycles. The topological polar surface area (TPSA) is 70.4 Å². The Morgan fingerprint density at radius 1 is 1.37 bits per heavy atom. The van der Waals surface area contributed by atoms with E-state index in [1.54, 1.807) is 18.3 Å². The van der Waals surface area contributed by atoms with Crippen LogP contribution in [0.3, 0.4) is 0 Å². The molecule has 100 valence electrons. The van der Waals surface area contributed by atoms with E-state index in [4.69, 9.17) is 0 Å². The summed E-state index contributed by atoms with van der Waals surface area (Å²) < 4.78 is 0. The van der Waals surface area contributed by atoms with Crippen molar-refractivity contribution in [2.45, 2.75) is 25.7 Å². The van der Waals surface area contributed by atoms with Gasteiger partial charge < -0.3 is 10.2 Å². The molecule has 0 amide bonds. The van der Waals surface area contributed by atoms with Gasteiger partial charge in [0.05, 0.1) is 0 Å². The Morgan fingerprint density at radius 2 is 2.00 bits per heavy atom. The van der Waals surface area contributed by atoms with Crippen molar-refractivity contribution in [2.75, 3.05) is 0 Å². The number of aromatic hydroxyl groups is 1. The molecule has 0 fully saturated rings. The summed E-state index contributed by atoms with van der Waals surface area (Å²) in [5.41, 5.74) is -0.512. The molecule has 2 rings (SSSR count). The highest BCUT2D eigenvalue weighted by atomic mass is 32.1. The molecule has 1 unspecified atom stereocenters. The minimum atomic E-state index is -1.15. The maximum atomic E-state index is 11.9. The van der Waals surface area contributed by atoms with E-state index in [0.29, 0.717) is 17.0 Å². The Kier molecular flexibility index (Phi) is 3.57. The number of aromatic nitrogens is 1. The summed E-state index contributed by atoms with van der Waals surface area (Å²) in [7, 11) is 0. The quantitative estimate of drug-likeness (QED) is 0.901. The zero-order valence-corrected chi connectivity index (χ0v) is 11.6. The monoisotopic (exact) mass is 277 g/mol. The maximum absolute atomic E-state index is 11.9. The summed E-state index contributed by atoms with van der Waals surface area (Å²) in [4.78, 5) is 17.1. The molecule has 0 aliphatic heterocycles. The van der Waals surface area contributed by atoms with Crippen molar-refractivity contribution >= 4 is 17.3 Å². The highest BCUT2D eigenvalue weighted by Crippen LogP contribution is 2.38. The molecule has 1 heterocycles. The molecular weight excluding hydrogens is 262 g/mol. The van der Waals surface area contributed by atoms with Crippen LogP contribution in [0.15, 0.2) is 30.5 Å². The Balaban J connectivity index is 2.64. The zero-order valence-electron chi connectivity index (χ0n) is 10.8. The average Bonchev–Trinajstić information content (AvgIpc) is 2.80. The first-order valence-electron chi connectivity index (χ1n) is 5.96. The van der Waals surface area contributed by atoms with Gasteiger partial charge in [0.2, 0.25) is 0 Å². The molecule has 4 nitrogen and oxygen atoms in total. The van der Waals surface area contributed by atoms with Gasteiger partial charge in [0.1, 0.15) is 16.2 Å². The Hall–Kier alpha value is -1.88. The molecule has 0 spiro atoms. The number of aliphatic carboxylic acids is 1. The second-order valence-electron chi connectivity index (χ2n) is 4.39. The minimum Gasteiger partial charge on any atom is -0.508 e. The van der Waals surface area contributed by atoms with E-state index in [-0.39, 0.29) is 5.75 Å². The number of rotatable bonds is 4. The van der Waals surface area contributed by atoms with Crippen LogP contribution in [0.25, 0.3) is 0 Å². The van der Waals surface area contributed by atoms with Crippen molar-refractivity contribution in [1.82, 2.24) is 4.98 Å². The van der Waals surface area contributed by atoms with Crippen LogP contribution in [0.1, 0.15) is 28.8 Å². The van der Waals surface area contributed by atoms with E-state index in [1.807, 2.05) is 13.8 Å². The molecule has 0 radical (unpaired) electrons. The van der Waals surface area contributed by atoms with Crippen LogP contribution in [0.5, 0.6) is 5.75 Å². The molecule has 1 atom stereocenters. The lowest BCUT2D eigenvalue weighted by atomic mass is 9.78. The smallest absolute Gasteiger partial charge is 0.321 e. The Morgan fingerprint density at radius 3 is 2.42 bits per heavy atom. The molecule has 5 heteroatoms. The van der Waals surface area contributed by atoms with Crippen molar-refractivity contribution in [3.8, 4) is 5.75 Å². The van der Waals surface area contributed by atoms with Crippen molar-refractivity contribution in [2.24, 2.45) is 0 Å². The van der Waals surface area contributed by atoms with Crippen LogP contribution in [-0.4, -0.2) is 21.2 Å². The SMILES string of the molecule is CCC(C(=O)O)(c1ccc(O)cc1)c1ncc(C)s1. The highest BCUT2D eigenvalue weighted by Gasteiger charge is 2.43. The van der Waals surface area contributed by atoms with Gasteiger partial charge in [-0.3, -0.25) is 4.79 Å². The van der Waals surface area contributed by atoms with Gasteiger partial charge in [0.15, 0.2) is 0 Å². The Bertz CT molecular complexity index is 591. The number of hydrogen-bond donors (Lipinski definition) is 2. The van der Waals surface area contributed by atoms with Crippen LogP contribution >= 0.6 is 11.3 Å². The van der Waals surface area contributed by atoms with Gasteiger partial charge in [-0.2, -0.15) is 0 Å². The molecule has 1 aromatic heterocycles. The molecule has 0 saturated heterocycles. The summed E-state index contributed by atoms with van der Waals surface area (Å²) in [5.74, 6) is -0.801. The lowest BCUT2D eigenvalue weighted by molar-refractivity contribution is -0.142. The van der Waals surface area contributed by atoms with Crippen LogP contribution in [0, 0.1) is 6.92 Å². The lowest BCUT2D eigenvalue weighted by Crippen LogP contribution is -2.36. The number of aryl methyl sites for hydroxylation is 1. The standard InChI is InChI=1S/C14H15NO3S/c1-3-14(13(17)18,12-15-8-9(2)19-12)10-4-6-11(16)7-5-10/h4-8,16H,3H2,1-2H3,(H,17,18). The van der Waals surface area contributed by atoms with Crippen LogP contribution < -0.4 is 0 Å². The third-order valence-electron chi connectivity index (χ3n) is 3.24. The number of carboxylic acids is 1. The fourth-order valence-electron chi connectivity index (χ4n) is 2.14. The molecule has 0 aliphatic carbocycles. The maximum Gasteiger partial charge on any atom is 0.321 e. The highest BCUT2D eigenvalue weighted by molar-refractivity contribution is 7.11. The van der Waals surface area contributed by atoms with E-state index in [9.17, 15) is 15.0 Å². The van der Waals surface area contributed by atoms with Crippen molar-refractivity contribution in [3.63, 3.8) is 0 Å². The lowest BCUT2D eigenvalue weighted by Gasteiger charge is -2.26. The van der Waals surface area contributed by atoms with Crippen molar-refractivity contribution < 1.29 is 15.0 Å². The normalized spacial score (nSPS) is 14.0. The summed E-state index contributed by atoms with van der Waals surface area (Å²) in [5, 5.41) is 19.6. The first-order chi connectivity index (χ1) is 9.00. The number of nitrogens with zero attached hydrogens (tertiary/aromatic N) is 1. The molecule has 0 aliphatic rings. The molecule has 0 bridgehead atoms. The number of hydrogen-bond acceptors (Lipinski definition) is 4. The molecule has 2 aromatic rings. The fourth-order valence-corrected chi connectivity index (χ4v) is 3.18. The third kappa shape index (κ3) is 2.21. The number of benzene rings is 1. The van der Waals surface area contributed by atoms with Crippen LogP contribution in [0.4, 0.5) is 0 Å². The van der Waals surface area contributed by atoms with E-state index in [1.165, 1.54) is 23.5 Å². The fraction of sp³-hybridized carbons (Fsp3) is 0.286. The minimum absolute atomic E-state index is 0.120.